The molecule has 0 spiro atoms. The van der Waals surface area contributed by atoms with Gasteiger partial charge in [0.1, 0.15) is 0 Å². The molecule has 2 rings (SSSR count). The molecule has 0 saturated heterocycles. The summed E-state index contributed by atoms with van der Waals surface area (Å²) in [5.74, 6) is 0.759. The first-order valence-electron chi connectivity index (χ1n) is 5.49. The summed E-state index contributed by atoms with van der Waals surface area (Å²) in [6.45, 7) is 4.51. The molecule has 0 aromatic heterocycles. The highest BCUT2D eigenvalue weighted by Gasteiger charge is 2.24. The molecular weight excluding hydrogens is 170 g/mol. The Balaban J connectivity index is 2.41. The van der Waals surface area contributed by atoms with Crippen LogP contribution in [0.5, 0.6) is 0 Å². The van der Waals surface area contributed by atoms with Crippen molar-refractivity contribution in [2.45, 2.75) is 32.7 Å². The van der Waals surface area contributed by atoms with Gasteiger partial charge >= 0.3 is 0 Å². The zero-order chi connectivity index (χ0) is 10.1. The number of aryl methyl sites for hydroxylation is 2. The highest BCUT2D eigenvalue weighted by molar-refractivity contribution is 5.36. The Morgan fingerprint density at radius 1 is 1.36 bits per heavy atom. The Bertz CT molecular complexity index is 330. The number of hydrogen-bond donors (Lipinski definition) is 1. The lowest BCUT2D eigenvalue weighted by molar-refractivity contribution is 0.364. The normalized spacial score (nSPS) is 25.9. The van der Waals surface area contributed by atoms with E-state index >= 15 is 0 Å². The molecule has 0 bridgehead atoms. The van der Waals surface area contributed by atoms with E-state index in [1.54, 1.807) is 5.56 Å². The first-order valence-corrected chi connectivity index (χ1v) is 5.49. The summed E-state index contributed by atoms with van der Waals surface area (Å²) in [4.78, 5) is 0. The van der Waals surface area contributed by atoms with Crippen LogP contribution in [0.3, 0.4) is 0 Å². The summed E-state index contributed by atoms with van der Waals surface area (Å²) in [5.41, 5.74) is 4.44. The van der Waals surface area contributed by atoms with E-state index in [2.05, 4.69) is 44.4 Å². The molecule has 1 nitrogen and oxygen atoms in total. The number of benzene rings is 1. The van der Waals surface area contributed by atoms with E-state index in [0.717, 1.165) is 5.92 Å². The zero-order valence-corrected chi connectivity index (χ0v) is 9.30. The largest absolute Gasteiger partial charge is 0.313 e. The predicted molar refractivity (Wildman–Crippen MR) is 60.5 cm³/mol. The molecule has 76 valence electrons. The van der Waals surface area contributed by atoms with Gasteiger partial charge in [0.2, 0.25) is 0 Å². The quantitative estimate of drug-likeness (QED) is 0.716. The Labute approximate surface area is 86.5 Å². The topological polar surface area (TPSA) is 12.0 Å². The van der Waals surface area contributed by atoms with Gasteiger partial charge in [0.15, 0.2) is 0 Å². The summed E-state index contributed by atoms with van der Waals surface area (Å²) >= 11 is 0. The van der Waals surface area contributed by atoms with Crippen molar-refractivity contribution in [2.75, 3.05) is 7.05 Å². The van der Waals surface area contributed by atoms with Gasteiger partial charge in [-0.1, -0.05) is 30.7 Å². The lowest BCUT2D eigenvalue weighted by Crippen LogP contribution is -2.28. The van der Waals surface area contributed by atoms with E-state index in [0.29, 0.717) is 6.04 Å². The van der Waals surface area contributed by atoms with Gasteiger partial charge in [0.25, 0.3) is 0 Å². The first kappa shape index (κ1) is 9.72. The van der Waals surface area contributed by atoms with E-state index in [1.165, 1.54) is 24.0 Å². The molecule has 1 N–H and O–H groups in total. The van der Waals surface area contributed by atoms with Crippen LogP contribution in [-0.4, -0.2) is 7.05 Å². The molecule has 0 radical (unpaired) electrons. The Kier molecular flexibility index (Phi) is 2.60. The number of hydrogen-bond acceptors (Lipinski definition) is 1. The van der Waals surface area contributed by atoms with Crippen molar-refractivity contribution >= 4 is 0 Å². The van der Waals surface area contributed by atoms with Gasteiger partial charge in [-0.3, -0.25) is 0 Å². The smallest absolute Gasteiger partial charge is 0.0346 e. The van der Waals surface area contributed by atoms with Crippen molar-refractivity contribution in [3.05, 3.63) is 34.9 Å². The predicted octanol–water partition coefficient (Wildman–Crippen LogP) is 2.84. The van der Waals surface area contributed by atoms with E-state index in [-0.39, 0.29) is 0 Å². The molecule has 0 heterocycles. The summed E-state index contributed by atoms with van der Waals surface area (Å²) in [6.07, 6.45) is 2.55. The van der Waals surface area contributed by atoms with Gasteiger partial charge in [-0.15, -0.1) is 0 Å². The molecule has 2 atom stereocenters. The molecule has 1 aliphatic carbocycles. The second-order valence-corrected chi connectivity index (χ2v) is 4.48. The fourth-order valence-electron chi connectivity index (χ4n) is 2.55. The highest BCUT2D eigenvalue weighted by atomic mass is 14.9. The Morgan fingerprint density at radius 3 is 2.86 bits per heavy atom. The maximum absolute atomic E-state index is 3.43. The van der Waals surface area contributed by atoms with Crippen molar-refractivity contribution in [1.82, 2.24) is 5.32 Å². The van der Waals surface area contributed by atoms with Crippen LogP contribution in [0, 0.1) is 12.8 Å². The molecule has 2 unspecified atom stereocenters. The minimum Gasteiger partial charge on any atom is -0.313 e. The molecule has 1 heteroatoms. The fraction of sp³-hybridized carbons (Fsp3) is 0.538. The highest BCUT2D eigenvalue weighted by Crippen LogP contribution is 2.34. The van der Waals surface area contributed by atoms with Crippen LogP contribution in [0.1, 0.15) is 36.1 Å². The van der Waals surface area contributed by atoms with Crippen LogP contribution in [0.2, 0.25) is 0 Å². The summed E-state index contributed by atoms with van der Waals surface area (Å²) in [5, 5.41) is 3.43. The number of rotatable bonds is 1. The van der Waals surface area contributed by atoms with Crippen LogP contribution in [-0.2, 0) is 6.42 Å². The minimum absolute atomic E-state index is 0.555. The SMILES string of the molecule is CNC1c2ccc(C)cc2CCC1C. The fourth-order valence-corrected chi connectivity index (χ4v) is 2.55. The van der Waals surface area contributed by atoms with E-state index in [1.807, 2.05) is 0 Å². The molecule has 0 fully saturated rings. The number of fused-ring (bicyclic) bond motifs is 1. The van der Waals surface area contributed by atoms with Crippen LogP contribution < -0.4 is 5.32 Å². The zero-order valence-electron chi connectivity index (χ0n) is 9.30. The summed E-state index contributed by atoms with van der Waals surface area (Å²) in [6, 6.07) is 7.41. The summed E-state index contributed by atoms with van der Waals surface area (Å²) in [7, 11) is 2.07. The average Bonchev–Trinajstić information content (AvgIpc) is 2.18. The second kappa shape index (κ2) is 3.74. The molecule has 0 saturated carbocycles. The first-order chi connectivity index (χ1) is 6.72. The van der Waals surface area contributed by atoms with Gasteiger partial charge in [-0.2, -0.15) is 0 Å². The molecule has 0 aliphatic heterocycles. The molecule has 1 aromatic rings. The standard InChI is InChI=1S/C13H19N/c1-9-4-7-12-11(8-9)6-5-10(2)13(12)14-3/h4,7-8,10,13-14H,5-6H2,1-3H3. The lowest BCUT2D eigenvalue weighted by atomic mass is 9.80. The average molecular weight is 189 g/mol. The molecule has 1 aliphatic rings. The van der Waals surface area contributed by atoms with Crippen molar-refractivity contribution in [3.63, 3.8) is 0 Å². The van der Waals surface area contributed by atoms with Gasteiger partial charge in [0, 0.05) is 6.04 Å². The van der Waals surface area contributed by atoms with E-state index in [4.69, 9.17) is 0 Å². The van der Waals surface area contributed by atoms with Crippen LogP contribution in [0.4, 0.5) is 0 Å². The Morgan fingerprint density at radius 2 is 2.14 bits per heavy atom. The van der Waals surface area contributed by atoms with Crippen LogP contribution in [0.25, 0.3) is 0 Å². The second-order valence-electron chi connectivity index (χ2n) is 4.48. The molecular formula is C13H19N. The van der Waals surface area contributed by atoms with Crippen molar-refractivity contribution in [3.8, 4) is 0 Å². The van der Waals surface area contributed by atoms with Crippen LogP contribution in [0.15, 0.2) is 18.2 Å². The van der Waals surface area contributed by atoms with Crippen molar-refractivity contribution in [1.29, 1.82) is 0 Å². The third kappa shape index (κ3) is 1.57. The van der Waals surface area contributed by atoms with Gasteiger partial charge in [0.05, 0.1) is 0 Å². The van der Waals surface area contributed by atoms with E-state index in [9.17, 15) is 0 Å². The molecule has 14 heavy (non-hydrogen) atoms. The van der Waals surface area contributed by atoms with Crippen molar-refractivity contribution < 1.29 is 0 Å². The van der Waals surface area contributed by atoms with E-state index < -0.39 is 0 Å². The molecule has 1 aromatic carbocycles. The van der Waals surface area contributed by atoms with Gasteiger partial charge in [-0.05, 0) is 43.9 Å². The maximum Gasteiger partial charge on any atom is 0.0346 e. The molecule has 0 amide bonds. The summed E-state index contributed by atoms with van der Waals surface area (Å²) < 4.78 is 0. The number of nitrogens with one attached hydrogen (secondary N) is 1. The van der Waals surface area contributed by atoms with Gasteiger partial charge < -0.3 is 5.32 Å². The third-order valence-corrected chi connectivity index (χ3v) is 3.38. The van der Waals surface area contributed by atoms with Gasteiger partial charge in [-0.25, -0.2) is 0 Å². The van der Waals surface area contributed by atoms with Crippen molar-refractivity contribution in [2.24, 2.45) is 5.92 Å². The lowest BCUT2D eigenvalue weighted by Gasteiger charge is -2.31. The van der Waals surface area contributed by atoms with Crippen LogP contribution >= 0.6 is 0 Å². The minimum atomic E-state index is 0.555. The monoisotopic (exact) mass is 189 g/mol. The third-order valence-electron chi connectivity index (χ3n) is 3.38. The Hall–Kier alpha value is -0.820. The maximum atomic E-state index is 3.43.